The van der Waals surface area contributed by atoms with Crippen molar-refractivity contribution in [2.24, 2.45) is 0 Å². The van der Waals surface area contributed by atoms with Gasteiger partial charge in [0.05, 0.1) is 12.2 Å². The molecule has 0 spiro atoms. The Labute approximate surface area is 220 Å². The predicted molar refractivity (Wildman–Crippen MR) is 148 cm³/mol. The fourth-order valence-corrected chi connectivity index (χ4v) is 5.26. The van der Waals surface area contributed by atoms with Crippen LogP contribution in [0.3, 0.4) is 0 Å². The maximum absolute atomic E-state index is 15.3. The highest BCUT2D eigenvalue weighted by Gasteiger charge is 2.30. The highest BCUT2D eigenvalue weighted by Crippen LogP contribution is 2.37. The molecule has 0 aliphatic carbocycles. The number of carbonyl (C=O) groups is 1. The van der Waals surface area contributed by atoms with E-state index >= 15 is 4.39 Å². The molecule has 0 aliphatic rings. The van der Waals surface area contributed by atoms with Gasteiger partial charge < -0.3 is 4.74 Å². The van der Waals surface area contributed by atoms with Crippen molar-refractivity contribution in [2.75, 3.05) is 6.61 Å². The molecule has 36 heavy (non-hydrogen) atoms. The standard InChI is InChI=1S/C32H38ClFO2/c1-19(2)26-18-30(34)29(15-23(26)6)32(7,8)28-16-24(11-9-22(28)5)31(35)36-14-13-21(4)27-17-25(33)12-10-20(27)3/h9-12,15-19,21H,13-14H2,1-8H3. The second-order valence-corrected chi connectivity index (χ2v) is 11.3. The largest absolute Gasteiger partial charge is 0.462 e. The van der Waals surface area contributed by atoms with Crippen molar-refractivity contribution in [3.05, 3.63) is 104 Å². The number of esters is 1. The second kappa shape index (κ2) is 11.2. The summed E-state index contributed by atoms with van der Waals surface area (Å²) in [5, 5.41) is 0.708. The average Bonchev–Trinajstić information content (AvgIpc) is 2.81. The first kappa shape index (κ1) is 27.9. The molecule has 3 rings (SSSR count). The monoisotopic (exact) mass is 508 g/mol. The summed E-state index contributed by atoms with van der Waals surface area (Å²) in [6.45, 7) is 16.7. The first-order valence-electron chi connectivity index (χ1n) is 12.7. The lowest BCUT2D eigenvalue weighted by Gasteiger charge is -2.30. The Balaban J connectivity index is 1.79. The number of benzene rings is 3. The van der Waals surface area contributed by atoms with Crippen LogP contribution in [0, 0.1) is 26.6 Å². The number of hydrogen-bond acceptors (Lipinski definition) is 2. The van der Waals surface area contributed by atoms with Gasteiger partial charge in [-0.1, -0.05) is 64.4 Å². The molecule has 1 unspecified atom stereocenters. The first-order valence-corrected chi connectivity index (χ1v) is 13.1. The van der Waals surface area contributed by atoms with E-state index in [0.29, 0.717) is 29.2 Å². The van der Waals surface area contributed by atoms with Gasteiger partial charge in [-0.15, -0.1) is 0 Å². The summed E-state index contributed by atoms with van der Waals surface area (Å²) in [5.74, 6) is -0.119. The first-order chi connectivity index (χ1) is 16.8. The highest BCUT2D eigenvalue weighted by molar-refractivity contribution is 6.30. The van der Waals surface area contributed by atoms with Crippen molar-refractivity contribution in [3.63, 3.8) is 0 Å². The number of carbonyl (C=O) groups excluding carboxylic acids is 1. The van der Waals surface area contributed by atoms with E-state index in [0.717, 1.165) is 22.3 Å². The fourth-order valence-electron chi connectivity index (χ4n) is 5.07. The lowest BCUT2D eigenvalue weighted by molar-refractivity contribution is 0.0494. The summed E-state index contributed by atoms with van der Waals surface area (Å²) in [6.07, 6.45) is 0.698. The molecule has 0 N–H and O–H groups in total. The van der Waals surface area contributed by atoms with Crippen LogP contribution in [0.1, 0.15) is 102 Å². The molecule has 4 heteroatoms. The summed E-state index contributed by atoms with van der Waals surface area (Å²) >= 11 is 6.16. The van der Waals surface area contributed by atoms with Gasteiger partial charge in [0.25, 0.3) is 0 Å². The Morgan fingerprint density at radius 2 is 1.56 bits per heavy atom. The van der Waals surface area contributed by atoms with E-state index in [9.17, 15) is 4.79 Å². The molecular formula is C32H38ClFO2. The molecule has 0 bridgehead atoms. The van der Waals surface area contributed by atoms with Gasteiger partial charge in [0.1, 0.15) is 5.82 Å². The summed E-state index contributed by atoms with van der Waals surface area (Å²) < 4.78 is 20.9. The van der Waals surface area contributed by atoms with Crippen molar-refractivity contribution >= 4 is 17.6 Å². The van der Waals surface area contributed by atoms with Gasteiger partial charge in [0.15, 0.2) is 0 Å². The Bertz CT molecular complexity index is 1260. The Hall–Kier alpha value is -2.65. The van der Waals surface area contributed by atoms with E-state index in [2.05, 4.69) is 27.7 Å². The maximum atomic E-state index is 15.3. The lowest BCUT2D eigenvalue weighted by Crippen LogP contribution is -2.23. The van der Waals surface area contributed by atoms with Crippen molar-refractivity contribution in [3.8, 4) is 0 Å². The molecule has 0 saturated carbocycles. The molecule has 0 heterocycles. The number of halogens is 2. The molecule has 0 fully saturated rings. The van der Waals surface area contributed by atoms with E-state index < -0.39 is 5.41 Å². The minimum absolute atomic E-state index is 0.212. The summed E-state index contributed by atoms with van der Waals surface area (Å²) in [4.78, 5) is 12.9. The normalized spacial score (nSPS) is 12.6. The van der Waals surface area contributed by atoms with Crippen molar-refractivity contribution in [1.29, 1.82) is 0 Å². The molecule has 0 aliphatic heterocycles. The number of ether oxygens (including phenoxy) is 1. The quantitative estimate of drug-likeness (QED) is 0.283. The van der Waals surface area contributed by atoms with Gasteiger partial charge in [-0.05, 0) is 108 Å². The maximum Gasteiger partial charge on any atom is 0.338 e. The zero-order valence-corrected chi connectivity index (χ0v) is 23.5. The molecule has 3 aromatic rings. The Morgan fingerprint density at radius 3 is 2.22 bits per heavy atom. The third-order valence-electron chi connectivity index (χ3n) is 7.35. The molecule has 2 nitrogen and oxygen atoms in total. The van der Waals surface area contributed by atoms with Crippen LogP contribution in [-0.2, 0) is 10.2 Å². The SMILES string of the molecule is Cc1cc(C(C)(C)c2cc(C(=O)OCCC(C)c3cc(Cl)ccc3C)ccc2C)c(F)cc1C(C)C. The molecule has 3 aromatic carbocycles. The van der Waals surface area contributed by atoms with Crippen LogP contribution in [0.4, 0.5) is 4.39 Å². The summed E-state index contributed by atoms with van der Waals surface area (Å²) in [5.41, 5.74) is 6.84. The van der Waals surface area contributed by atoms with Gasteiger partial charge in [0, 0.05) is 10.4 Å². The van der Waals surface area contributed by atoms with Crippen LogP contribution in [0.15, 0.2) is 48.5 Å². The Morgan fingerprint density at radius 1 is 0.889 bits per heavy atom. The van der Waals surface area contributed by atoms with Crippen LogP contribution < -0.4 is 0 Å². The minimum Gasteiger partial charge on any atom is -0.462 e. The molecule has 192 valence electrons. The van der Waals surface area contributed by atoms with E-state index in [1.165, 1.54) is 11.1 Å². The van der Waals surface area contributed by atoms with Crippen molar-refractivity contribution < 1.29 is 13.9 Å². The third kappa shape index (κ3) is 6.00. The van der Waals surface area contributed by atoms with Crippen molar-refractivity contribution in [2.45, 2.75) is 79.1 Å². The summed E-state index contributed by atoms with van der Waals surface area (Å²) in [6, 6.07) is 15.0. The predicted octanol–water partition coefficient (Wildman–Crippen LogP) is 9.20. The highest BCUT2D eigenvalue weighted by atomic mass is 35.5. The third-order valence-corrected chi connectivity index (χ3v) is 7.59. The molecule has 0 saturated heterocycles. The van der Waals surface area contributed by atoms with Crippen LogP contribution in [-0.4, -0.2) is 12.6 Å². The smallest absolute Gasteiger partial charge is 0.338 e. The zero-order valence-electron chi connectivity index (χ0n) is 22.8. The van der Waals surface area contributed by atoms with Crippen LogP contribution >= 0.6 is 11.6 Å². The van der Waals surface area contributed by atoms with Crippen molar-refractivity contribution in [1.82, 2.24) is 0 Å². The molecule has 0 aromatic heterocycles. The number of rotatable bonds is 8. The van der Waals surface area contributed by atoms with Crippen LogP contribution in [0.5, 0.6) is 0 Å². The second-order valence-electron chi connectivity index (χ2n) is 10.8. The van der Waals surface area contributed by atoms with Crippen LogP contribution in [0.2, 0.25) is 5.02 Å². The zero-order chi connectivity index (χ0) is 26.8. The average molecular weight is 509 g/mol. The topological polar surface area (TPSA) is 26.3 Å². The molecule has 1 atom stereocenters. The van der Waals surface area contributed by atoms with Gasteiger partial charge >= 0.3 is 5.97 Å². The minimum atomic E-state index is -0.622. The number of aryl methyl sites for hydroxylation is 3. The lowest BCUT2D eigenvalue weighted by atomic mass is 9.74. The van der Waals surface area contributed by atoms with E-state index in [-0.39, 0.29) is 23.6 Å². The van der Waals surface area contributed by atoms with E-state index in [1.807, 2.05) is 64.1 Å². The fraction of sp³-hybridized carbons (Fsp3) is 0.406. The molecule has 0 radical (unpaired) electrons. The van der Waals surface area contributed by atoms with Gasteiger partial charge in [-0.2, -0.15) is 0 Å². The van der Waals surface area contributed by atoms with E-state index in [1.54, 1.807) is 12.1 Å². The van der Waals surface area contributed by atoms with Crippen LogP contribution in [0.25, 0.3) is 0 Å². The van der Waals surface area contributed by atoms with Gasteiger partial charge in [0.2, 0.25) is 0 Å². The molecule has 0 amide bonds. The summed E-state index contributed by atoms with van der Waals surface area (Å²) in [7, 11) is 0. The number of hydrogen-bond donors (Lipinski definition) is 0. The van der Waals surface area contributed by atoms with E-state index in [4.69, 9.17) is 16.3 Å². The Kier molecular flexibility index (Phi) is 8.67. The molecular weight excluding hydrogens is 471 g/mol. The van der Waals surface area contributed by atoms with Gasteiger partial charge in [-0.25, -0.2) is 9.18 Å². The van der Waals surface area contributed by atoms with Gasteiger partial charge in [-0.3, -0.25) is 0 Å².